The van der Waals surface area contributed by atoms with E-state index >= 15 is 0 Å². The van der Waals surface area contributed by atoms with Crippen molar-refractivity contribution in [3.8, 4) is 5.75 Å². The number of amidine groups is 1. The Hall–Kier alpha value is -2.66. The van der Waals surface area contributed by atoms with Gasteiger partial charge in [-0.15, -0.1) is 0 Å². The van der Waals surface area contributed by atoms with Crippen LogP contribution >= 0.6 is 23.4 Å². The molecule has 2 aliphatic heterocycles. The molecule has 2 atom stereocenters. The smallest absolute Gasteiger partial charge is 0.241 e. The van der Waals surface area contributed by atoms with Crippen LogP contribution in [0.2, 0.25) is 5.02 Å². The summed E-state index contributed by atoms with van der Waals surface area (Å²) in [6, 6.07) is 10.5. The molecule has 2 unspecified atom stereocenters. The van der Waals surface area contributed by atoms with Gasteiger partial charge in [0.1, 0.15) is 17.7 Å². The second kappa shape index (κ2) is 9.23. The summed E-state index contributed by atoms with van der Waals surface area (Å²) in [5, 5.41) is 3.43. The molecule has 1 fully saturated rings. The van der Waals surface area contributed by atoms with Crippen LogP contribution in [0.25, 0.3) is 0 Å². The van der Waals surface area contributed by atoms with Crippen LogP contribution in [0.3, 0.4) is 0 Å². The second-order valence-electron chi connectivity index (χ2n) is 6.82. The van der Waals surface area contributed by atoms with Crippen LogP contribution in [-0.4, -0.2) is 42.6 Å². The van der Waals surface area contributed by atoms with Gasteiger partial charge in [-0.3, -0.25) is 19.9 Å². The monoisotopic (exact) mass is 463 g/mol. The van der Waals surface area contributed by atoms with Gasteiger partial charge in [0, 0.05) is 12.2 Å². The molecule has 0 saturated carbocycles. The van der Waals surface area contributed by atoms with E-state index in [-0.39, 0.29) is 29.3 Å². The first-order valence-corrected chi connectivity index (χ1v) is 10.7. The zero-order valence-electron chi connectivity index (χ0n) is 16.4. The third-order valence-electron chi connectivity index (χ3n) is 4.79. The van der Waals surface area contributed by atoms with Gasteiger partial charge in [0.15, 0.2) is 5.17 Å². The Balaban J connectivity index is 1.54. The van der Waals surface area contributed by atoms with Crippen LogP contribution < -0.4 is 25.8 Å². The number of carbonyl (C=O) groups is 2. The number of nitrogens with one attached hydrogen (secondary N) is 3. The molecule has 0 aromatic heterocycles. The van der Waals surface area contributed by atoms with Crippen molar-refractivity contribution in [1.82, 2.24) is 10.9 Å². The van der Waals surface area contributed by atoms with Crippen LogP contribution in [-0.2, 0) is 9.59 Å². The van der Waals surface area contributed by atoms with Crippen molar-refractivity contribution in [1.29, 1.82) is 0 Å². The number of rotatable bonds is 5. The standard InChI is InChI=1S/C20H19ClFN5O3S/c1-30-16-7-6-13(8-15(16)21)27-19(29)14-9-23-26-18(14)25-20(27)31-10-17(28)24-12-4-2-11(22)3-5-12/h2-8,14,18,23,26H,9-10H2,1H3,(H,24,28). The molecule has 4 rings (SSSR count). The highest BCUT2D eigenvalue weighted by molar-refractivity contribution is 8.14. The molecule has 162 valence electrons. The van der Waals surface area contributed by atoms with E-state index in [9.17, 15) is 14.0 Å². The van der Waals surface area contributed by atoms with Crippen molar-refractivity contribution in [3.63, 3.8) is 0 Å². The van der Waals surface area contributed by atoms with Crippen LogP contribution in [0.1, 0.15) is 0 Å². The molecule has 2 aromatic carbocycles. The molecule has 31 heavy (non-hydrogen) atoms. The lowest BCUT2D eigenvalue weighted by Gasteiger charge is -2.32. The summed E-state index contributed by atoms with van der Waals surface area (Å²) in [5.74, 6) is -0.725. The normalized spacial score (nSPS) is 20.3. The number of hydrogen-bond donors (Lipinski definition) is 3. The van der Waals surface area contributed by atoms with Crippen molar-refractivity contribution < 1.29 is 18.7 Å². The van der Waals surface area contributed by atoms with Crippen LogP contribution in [0.5, 0.6) is 5.75 Å². The fraction of sp³-hybridized carbons (Fsp3) is 0.250. The van der Waals surface area contributed by atoms with E-state index in [0.29, 0.717) is 33.9 Å². The summed E-state index contributed by atoms with van der Waals surface area (Å²) >= 11 is 7.39. The highest BCUT2D eigenvalue weighted by atomic mass is 35.5. The summed E-state index contributed by atoms with van der Waals surface area (Å²) in [6.07, 6.45) is -0.417. The molecule has 0 aliphatic carbocycles. The summed E-state index contributed by atoms with van der Waals surface area (Å²) in [5.41, 5.74) is 6.94. The molecule has 2 heterocycles. The van der Waals surface area contributed by atoms with E-state index in [4.69, 9.17) is 16.3 Å². The second-order valence-corrected chi connectivity index (χ2v) is 8.17. The minimum atomic E-state index is -0.417. The molecule has 1 saturated heterocycles. The van der Waals surface area contributed by atoms with Crippen molar-refractivity contribution in [2.45, 2.75) is 6.17 Å². The zero-order valence-corrected chi connectivity index (χ0v) is 18.0. The van der Waals surface area contributed by atoms with Gasteiger partial charge in [-0.25, -0.2) is 14.8 Å². The highest BCUT2D eigenvalue weighted by Gasteiger charge is 2.42. The number of hydrazine groups is 1. The maximum Gasteiger partial charge on any atom is 0.241 e. The SMILES string of the molecule is COc1ccc(N2C(=O)C3CNNC3N=C2SCC(=O)Nc2ccc(F)cc2)cc1Cl. The third kappa shape index (κ3) is 4.67. The molecule has 3 N–H and O–H groups in total. The van der Waals surface area contributed by atoms with E-state index < -0.39 is 6.17 Å². The lowest BCUT2D eigenvalue weighted by Crippen LogP contribution is -2.49. The van der Waals surface area contributed by atoms with Gasteiger partial charge in [-0.05, 0) is 42.5 Å². The predicted octanol–water partition coefficient (Wildman–Crippen LogP) is 2.61. The summed E-state index contributed by atoms with van der Waals surface area (Å²) in [7, 11) is 1.51. The number of ether oxygens (including phenoxy) is 1. The molecule has 2 aromatic rings. The maximum absolute atomic E-state index is 13.2. The van der Waals surface area contributed by atoms with Gasteiger partial charge in [-0.2, -0.15) is 0 Å². The zero-order chi connectivity index (χ0) is 22.0. The van der Waals surface area contributed by atoms with Crippen molar-refractivity contribution in [2.75, 3.05) is 29.6 Å². The van der Waals surface area contributed by atoms with Crippen LogP contribution in [0.15, 0.2) is 47.5 Å². The maximum atomic E-state index is 13.2. The van der Waals surface area contributed by atoms with Crippen LogP contribution in [0.4, 0.5) is 15.8 Å². The number of methoxy groups -OCH3 is 1. The molecular formula is C20H19ClFN5O3S. The average molecular weight is 464 g/mol. The van der Waals surface area contributed by atoms with Gasteiger partial charge in [0.05, 0.1) is 29.5 Å². The molecule has 0 radical (unpaired) electrons. The number of nitrogens with zero attached hydrogens (tertiary/aromatic N) is 2. The minimum Gasteiger partial charge on any atom is -0.495 e. The topological polar surface area (TPSA) is 95.1 Å². The Bertz CT molecular complexity index is 1040. The lowest BCUT2D eigenvalue weighted by molar-refractivity contribution is -0.121. The van der Waals surface area contributed by atoms with Crippen LogP contribution in [0, 0.1) is 11.7 Å². The van der Waals surface area contributed by atoms with Crippen molar-refractivity contribution >= 4 is 51.7 Å². The van der Waals surface area contributed by atoms with Crippen molar-refractivity contribution in [3.05, 3.63) is 53.3 Å². The Morgan fingerprint density at radius 1 is 1.35 bits per heavy atom. The summed E-state index contributed by atoms with van der Waals surface area (Å²) in [4.78, 5) is 31.7. The average Bonchev–Trinajstić information content (AvgIpc) is 3.23. The van der Waals surface area contributed by atoms with E-state index in [0.717, 1.165) is 11.8 Å². The molecular weight excluding hydrogens is 445 g/mol. The number of benzene rings is 2. The number of anilines is 2. The Labute approximate surface area is 187 Å². The quantitative estimate of drug-likeness (QED) is 0.631. The number of carbonyl (C=O) groups excluding carboxylic acids is 2. The number of fused-ring (bicyclic) bond motifs is 1. The first-order valence-electron chi connectivity index (χ1n) is 9.38. The van der Waals surface area contributed by atoms with E-state index in [1.165, 1.54) is 36.3 Å². The molecule has 8 nitrogen and oxygen atoms in total. The Morgan fingerprint density at radius 2 is 2.13 bits per heavy atom. The van der Waals surface area contributed by atoms with E-state index in [2.05, 4.69) is 21.2 Å². The number of aliphatic imine (C=N–C) groups is 1. The molecule has 2 amide bonds. The minimum absolute atomic E-state index is 0.00862. The van der Waals surface area contributed by atoms with Gasteiger partial charge in [0.2, 0.25) is 11.8 Å². The van der Waals surface area contributed by atoms with Crippen molar-refractivity contribution in [2.24, 2.45) is 10.9 Å². The number of hydrogen-bond acceptors (Lipinski definition) is 7. The van der Waals surface area contributed by atoms with Gasteiger partial charge < -0.3 is 10.1 Å². The summed E-state index contributed by atoms with van der Waals surface area (Å²) < 4.78 is 18.2. The first kappa shape index (κ1) is 21.6. The largest absolute Gasteiger partial charge is 0.495 e. The highest BCUT2D eigenvalue weighted by Crippen LogP contribution is 2.34. The number of amides is 2. The third-order valence-corrected chi connectivity index (χ3v) is 6.03. The van der Waals surface area contributed by atoms with Gasteiger partial charge in [0.25, 0.3) is 0 Å². The molecule has 0 bridgehead atoms. The predicted molar refractivity (Wildman–Crippen MR) is 119 cm³/mol. The number of halogens is 2. The van der Waals surface area contributed by atoms with Gasteiger partial charge in [-0.1, -0.05) is 23.4 Å². The molecule has 2 aliphatic rings. The van der Waals surface area contributed by atoms with E-state index in [1.54, 1.807) is 18.2 Å². The van der Waals surface area contributed by atoms with Gasteiger partial charge >= 0.3 is 0 Å². The fourth-order valence-corrected chi connectivity index (χ4v) is 4.36. The Morgan fingerprint density at radius 3 is 2.84 bits per heavy atom. The fourth-order valence-electron chi connectivity index (χ4n) is 3.26. The first-order chi connectivity index (χ1) is 15.0. The number of thioether (sulfide) groups is 1. The lowest BCUT2D eigenvalue weighted by atomic mass is 10.0. The summed E-state index contributed by atoms with van der Waals surface area (Å²) in [6.45, 7) is 0.441. The molecule has 11 heteroatoms. The Kier molecular flexibility index (Phi) is 6.42. The van der Waals surface area contributed by atoms with E-state index in [1.807, 2.05) is 0 Å². The molecule has 0 spiro atoms.